The number of hydrogen-bond donors (Lipinski definition) is 1. The van der Waals surface area contributed by atoms with Crippen LogP contribution in [0.2, 0.25) is 0 Å². The number of amides is 1. The van der Waals surface area contributed by atoms with Gasteiger partial charge in [-0.2, -0.15) is 11.8 Å². The summed E-state index contributed by atoms with van der Waals surface area (Å²) in [6.45, 7) is 4.54. The molecule has 33 heavy (non-hydrogen) atoms. The first-order chi connectivity index (χ1) is 15.9. The summed E-state index contributed by atoms with van der Waals surface area (Å²) < 4.78 is 31.1. The number of thioether (sulfide) groups is 1. The maximum Gasteiger partial charge on any atom is 0.251 e. The third-order valence-corrected chi connectivity index (χ3v) is 7.91. The van der Waals surface area contributed by atoms with Crippen molar-refractivity contribution in [1.82, 2.24) is 10.3 Å². The van der Waals surface area contributed by atoms with E-state index >= 15 is 0 Å². The van der Waals surface area contributed by atoms with Gasteiger partial charge in [0, 0.05) is 17.7 Å². The van der Waals surface area contributed by atoms with Crippen LogP contribution in [-0.2, 0) is 15.6 Å². The third kappa shape index (κ3) is 7.20. The van der Waals surface area contributed by atoms with Crippen molar-refractivity contribution in [2.24, 2.45) is 0 Å². The molecule has 0 saturated heterocycles. The molecule has 1 heterocycles. The number of nitrogens with zero attached hydrogens (tertiary/aromatic N) is 1. The van der Waals surface area contributed by atoms with Gasteiger partial charge in [-0.3, -0.25) is 4.79 Å². The minimum absolute atomic E-state index is 0.113. The Kier molecular flexibility index (Phi) is 9.14. The van der Waals surface area contributed by atoms with Gasteiger partial charge in [0.1, 0.15) is 11.5 Å². The summed E-state index contributed by atoms with van der Waals surface area (Å²) in [6, 6.07) is 15.3. The molecule has 2 aromatic carbocycles. The van der Waals surface area contributed by atoms with Gasteiger partial charge in [0.15, 0.2) is 9.84 Å². The standard InChI is InChI=1S/C25H30N2O4S2/c1-3-4-16-32-17-8-15-26-24(28)20-11-13-21(14-12-20)25-27-23(19(2)31-25)18-33(29,30)22-9-6-5-7-10-22/h5-7,9-14H,3-4,8,15-18H2,1-2H3,(H,26,28). The second kappa shape index (κ2) is 12.0. The van der Waals surface area contributed by atoms with Crippen LogP contribution >= 0.6 is 11.8 Å². The number of benzene rings is 2. The number of carbonyl (C=O) groups is 1. The second-order valence-electron chi connectivity index (χ2n) is 7.75. The van der Waals surface area contributed by atoms with Crippen LogP contribution in [0.1, 0.15) is 48.0 Å². The Labute approximate surface area is 200 Å². The lowest BCUT2D eigenvalue weighted by molar-refractivity contribution is 0.0954. The topological polar surface area (TPSA) is 89.3 Å². The van der Waals surface area contributed by atoms with Crippen LogP contribution in [0.15, 0.2) is 63.9 Å². The van der Waals surface area contributed by atoms with Crippen LogP contribution < -0.4 is 5.32 Å². The molecule has 8 heteroatoms. The Morgan fingerprint density at radius 2 is 1.73 bits per heavy atom. The molecule has 1 amide bonds. The molecule has 0 aliphatic heterocycles. The van der Waals surface area contributed by atoms with E-state index < -0.39 is 9.84 Å². The molecule has 0 unspecified atom stereocenters. The number of carbonyl (C=O) groups excluding carboxylic acids is 1. The lowest BCUT2D eigenvalue weighted by atomic mass is 10.1. The number of nitrogens with one attached hydrogen (secondary N) is 1. The molecular formula is C25H30N2O4S2. The van der Waals surface area contributed by atoms with Crippen molar-refractivity contribution in [2.75, 3.05) is 18.1 Å². The van der Waals surface area contributed by atoms with Crippen molar-refractivity contribution >= 4 is 27.5 Å². The van der Waals surface area contributed by atoms with Gasteiger partial charge >= 0.3 is 0 Å². The molecule has 0 saturated carbocycles. The van der Waals surface area contributed by atoms with E-state index in [0.29, 0.717) is 35.0 Å². The molecule has 3 aromatic rings. The minimum Gasteiger partial charge on any atom is -0.441 e. The molecule has 0 aliphatic rings. The number of oxazole rings is 1. The molecule has 0 aliphatic carbocycles. The zero-order valence-corrected chi connectivity index (χ0v) is 20.7. The molecule has 0 fully saturated rings. The Morgan fingerprint density at radius 1 is 1.03 bits per heavy atom. The zero-order valence-electron chi connectivity index (χ0n) is 19.0. The lowest BCUT2D eigenvalue weighted by Crippen LogP contribution is -2.24. The fourth-order valence-electron chi connectivity index (χ4n) is 3.17. The monoisotopic (exact) mass is 486 g/mol. The predicted molar refractivity (Wildman–Crippen MR) is 133 cm³/mol. The maximum absolute atomic E-state index is 12.7. The molecule has 176 valence electrons. The number of hydrogen-bond acceptors (Lipinski definition) is 6. The van der Waals surface area contributed by atoms with E-state index in [1.807, 2.05) is 11.8 Å². The average molecular weight is 487 g/mol. The fraction of sp³-hybridized carbons (Fsp3) is 0.360. The van der Waals surface area contributed by atoms with E-state index in [0.717, 1.165) is 12.2 Å². The van der Waals surface area contributed by atoms with Crippen LogP contribution in [0, 0.1) is 6.92 Å². The highest BCUT2D eigenvalue weighted by atomic mass is 32.2. The molecule has 0 bridgehead atoms. The fourth-order valence-corrected chi connectivity index (χ4v) is 5.58. The summed E-state index contributed by atoms with van der Waals surface area (Å²) in [4.78, 5) is 17.0. The van der Waals surface area contributed by atoms with Crippen molar-refractivity contribution < 1.29 is 17.6 Å². The Balaban J connectivity index is 1.58. The first-order valence-corrected chi connectivity index (χ1v) is 13.9. The van der Waals surface area contributed by atoms with Crippen molar-refractivity contribution in [2.45, 2.75) is 43.8 Å². The van der Waals surface area contributed by atoms with Crippen molar-refractivity contribution in [3.8, 4) is 11.5 Å². The van der Waals surface area contributed by atoms with E-state index in [1.165, 1.54) is 18.6 Å². The summed E-state index contributed by atoms with van der Waals surface area (Å²) in [5.41, 5.74) is 1.63. The van der Waals surface area contributed by atoms with E-state index in [9.17, 15) is 13.2 Å². The predicted octanol–water partition coefficient (Wildman–Crippen LogP) is 5.28. The molecule has 0 atom stereocenters. The molecule has 1 N–H and O–H groups in total. The number of aromatic nitrogens is 1. The molecule has 1 aromatic heterocycles. The summed E-state index contributed by atoms with van der Waals surface area (Å²) in [7, 11) is -3.52. The van der Waals surface area contributed by atoms with Gasteiger partial charge in [-0.25, -0.2) is 13.4 Å². The van der Waals surface area contributed by atoms with E-state index in [-0.39, 0.29) is 16.6 Å². The van der Waals surface area contributed by atoms with Gasteiger partial charge in [0.25, 0.3) is 5.91 Å². The Morgan fingerprint density at radius 3 is 2.42 bits per heavy atom. The Hall–Kier alpha value is -2.58. The van der Waals surface area contributed by atoms with Crippen LogP contribution in [0.3, 0.4) is 0 Å². The largest absolute Gasteiger partial charge is 0.441 e. The van der Waals surface area contributed by atoms with Crippen LogP contribution in [0.25, 0.3) is 11.5 Å². The highest BCUT2D eigenvalue weighted by Crippen LogP contribution is 2.25. The smallest absolute Gasteiger partial charge is 0.251 e. The minimum atomic E-state index is -3.52. The van der Waals surface area contributed by atoms with Gasteiger partial charge < -0.3 is 9.73 Å². The number of sulfone groups is 1. The zero-order chi connectivity index (χ0) is 23.7. The van der Waals surface area contributed by atoms with E-state index in [4.69, 9.17) is 4.42 Å². The van der Waals surface area contributed by atoms with Gasteiger partial charge in [-0.1, -0.05) is 31.5 Å². The highest BCUT2D eigenvalue weighted by Gasteiger charge is 2.21. The number of aryl methyl sites for hydroxylation is 1. The van der Waals surface area contributed by atoms with Crippen molar-refractivity contribution in [3.63, 3.8) is 0 Å². The quantitative estimate of drug-likeness (QED) is 0.351. The number of rotatable bonds is 12. The van der Waals surface area contributed by atoms with Crippen molar-refractivity contribution in [3.05, 3.63) is 71.6 Å². The second-order valence-corrected chi connectivity index (χ2v) is 11.0. The van der Waals surface area contributed by atoms with Gasteiger partial charge in [-0.15, -0.1) is 0 Å². The third-order valence-electron chi connectivity index (χ3n) is 5.11. The SMILES string of the molecule is CCCCSCCCNC(=O)c1ccc(-c2nc(CS(=O)(=O)c3ccccc3)c(C)o2)cc1. The summed E-state index contributed by atoms with van der Waals surface area (Å²) in [5, 5.41) is 2.95. The highest BCUT2D eigenvalue weighted by molar-refractivity contribution is 7.99. The summed E-state index contributed by atoms with van der Waals surface area (Å²) in [5.74, 6) is 2.67. The first-order valence-electron chi connectivity index (χ1n) is 11.1. The van der Waals surface area contributed by atoms with Gasteiger partial charge in [-0.05, 0) is 67.7 Å². The van der Waals surface area contributed by atoms with Crippen LogP contribution in [0.4, 0.5) is 0 Å². The molecule has 6 nitrogen and oxygen atoms in total. The maximum atomic E-state index is 12.7. The van der Waals surface area contributed by atoms with E-state index in [1.54, 1.807) is 61.5 Å². The first kappa shape index (κ1) is 25.1. The molecule has 0 spiro atoms. The average Bonchev–Trinajstić information content (AvgIpc) is 3.18. The molecular weight excluding hydrogens is 456 g/mol. The Bertz CT molecular complexity index is 1140. The van der Waals surface area contributed by atoms with Gasteiger partial charge in [0.05, 0.1) is 10.6 Å². The van der Waals surface area contributed by atoms with Crippen molar-refractivity contribution in [1.29, 1.82) is 0 Å². The number of unbranched alkanes of at least 4 members (excludes halogenated alkanes) is 1. The molecule has 3 rings (SSSR count). The van der Waals surface area contributed by atoms with Crippen LogP contribution in [-0.4, -0.2) is 37.4 Å². The lowest BCUT2D eigenvalue weighted by Gasteiger charge is -2.06. The summed E-state index contributed by atoms with van der Waals surface area (Å²) >= 11 is 1.92. The van der Waals surface area contributed by atoms with E-state index in [2.05, 4.69) is 17.2 Å². The van der Waals surface area contributed by atoms with Gasteiger partial charge in [0.2, 0.25) is 5.89 Å². The molecule has 0 radical (unpaired) electrons. The normalized spacial score (nSPS) is 11.5. The summed E-state index contributed by atoms with van der Waals surface area (Å²) in [6.07, 6.45) is 3.39. The van der Waals surface area contributed by atoms with Crippen LogP contribution in [0.5, 0.6) is 0 Å².